The van der Waals surface area contributed by atoms with Crippen molar-refractivity contribution in [2.45, 2.75) is 44.7 Å². The normalized spacial score (nSPS) is 12.1. The second kappa shape index (κ2) is 23.6. The summed E-state index contributed by atoms with van der Waals surface area (Å²) in [6, 6.07) is 24.4. The van der Waals surface area contributed by atoms with Crippen molar-refractivity contribution < 1.29 is 28.8 Å². The van der Waals surface area contributed by atoms with Crippen LogP contribution in [0.3, 0.4) is 0 Å². The first kappa shape index (κ1) is 49.0. The van der Waals surface area contributed by atoms with Crippen molar-refractivity contribution in [2.24, 2.45) is 20.5 Å². The van der Waals surface area contributed by atoms with E-state index in [2.05, 4.69) is 41.7 Å². The Labute approximate surface area is 393 Å². The first-order valence-electron chi connectivity index (χ1n) is 19.4. The average molecular weight is 965 g/mol. The topological polar surface area (TPSA) is 200 Å². The minimum absolute atomic E-state index is 0.0346. The maximum atomic E-state index is 13.4. The van der Waals surface area contributed by atoms with Crippen molar-refractivity contribution in [2.75, 3.05) is 33.0 Å². The van der Waals surface area contributed by atoms with Gasteiger partial charge in [0.2, 0.25) is 12.1 Å². The summed E-state index contributed by atoms with van der Waals surface area (Å²) in [4.78, 5) is 78.4. The molecular formula is C45H39Cl5N8O6. The van der Waals surface area contributed by atoms with Crippen molar-refractivity contribution in [3.05, 3.63) is 141 Å². The zero-order valence-electron chi connectivity index (χ0n) is 34.1. The second-order valence-electron chi connectivity index (χ2n) is 13.8. The lowest BCUT2D eigenvalue weighted by Crippen LogP contribution is -2.32. The average Bonchev–Trinajstić information content (AvgIpc) is 3.26. The van der Waals surface area contributed by atoms with E-state index >= 15 is 0 Å². The Morgan fingerprint density at radius 1 is 0.516 bits per heavy atom. The number of hydrogen-bond donors (Lipinski definition) is 4. The molecule has 2 unspecified atom stereocenters. The lowest BCUT2D eigenvalue weighted by Gasteiger charge is -2.15. The fourth-order valence-electron chi connectivity index (χ4n) is 6.04. The van der Waals surface area contributed by atoms with E-state index in [1.807, 2.05) is 24.3 Å². The SMILES string of the molecule is CC(=O)C(N=Nc1cccc(C(=O)Nc2ccccc2CCCl)c1Cl)C(=O)Nc1ccc(NC(=O)C(N=Nc2cccc(C(=O)Nc3ccccc3CCCl)c2Cl)C(C)=O)c(CCl)c1. The summed E-state index contributed by atoms with van der Waals surface area (Å²) in [5.41, 5.74) is 3.74. The van der Waals surface area contributed by atoms with Crippen molar-refractivity contribution in [3.8, 4) is 0 Å². The molecule has 0 fully saturated rings. The number of ketones is 2. The van der Waals surface area contributed by atoms with Crippen molar-refractivity contribution in [1.82, 2.24) is 0 Å². The van der Waals surface area contributed by atoms with Crippen LogP contribution in [0.1, 0.15) is 51.3 Å². The number of Topliss-reactive ketones (excluding diaryl/α,β-unsaturated/α-hetero) is 2. The number of amides is 4. The monoisotopic (exact) mass is 962 g/mol. The van der Waals surface area contributed by atoms with Gasteiger partial charge in [-0.1, -0.05) is 71.7 Å². The smallest absolute Gasteiger partial charge is 0.258 e. The molecule has 2 atom stereocenters. The summed E-state index contributed by atoms with van der Waals surface area (Å²) in [5, 5.41) is 26.8. The van der Waals surface area contributed by atoms with E-state index in [1.54, 1.807) is 24.3 Å². The molecule has 0 bridgehead atoms. The summed E-state index contributed by atoms with van der Waals surface area (Å²) in [6.07, 6.45) is 1.06. The number of alkyl halides is 3. The van der Waals surface area contributed by atoms with E-state index in [0.717, 1.165) is 25.0 Å². The van der Waals surface area contributed by atoms with Crippen LogP contribution in [0.4, 0.5) is 34.1 Å². The third kappa shape index (κ3) is 12.8. The lowest BCUT2D eigenvalue weighted by molar-refractivity contribution is -0.127. The quantitative estimate of drug-likeness (QED) is 0.0360. The highest BCUT2D eigenvalue weighted by Gasteiger charge is 2.27. The molecule has 0 heterocycles. The number of benzene rings is 5. The molecule has 64 heavy (non-hydrogen) atoms. The summed E-state index contributed by atoms with van der Waals surface area (Å²) >= 11 is 31.2. The molecule has 14 nitrogen and oxygen atoms in total. The first-order chi connectivity index (χ1) is 30.8. The van der Waals surface area contributed by atoms with Gasteiger partial charge in [-0.05, 0) is 98.0 Å². The fourth-order valence-corrected chi connectivity index (χ4v) is 7.17. The van der Waals surface area contributed by atoms with Crippen LogP contribution in [0.15, 0.2) is 124 Å². The van der Waals surface area contributed by atoms with E-state index in [0.29, 0.717) is 41.5 Å². The summed E-state index contributed by atoms with van der Waals surface area (Å²) in [5.74, 6) is -3.47. The predicted octanol–water partition coefficient (Wildman–Crippen LogP) is 11.2. The molecule has 0 saturated carbocycles. The molecule has 0 radical (unpaired) electrons. The van der Waals surface area contributed by atoms with E-state index < -0.39 is 47.3 Å². The number of hydrogen-bond acceptors (Lipinski definition) is 10. The van der Waals surface area contributed by atoms with Gasteiger partial charge in [-0.25, -0.2) is 0 Å². The first-order valence-corrected chi connectivity index (χ1v) is 21.7. The maximum Gasteiger partial charge on any atom is 0.258 e. The van der Waals surface area contributed by atoms with Crippen LogP contribution < -0.4 is 21.3 Å². The Bertz CT molecular complexity index is 2640. The minimum Gasteiger partial charge on any atom is -0.324 e. The number of carbonyl (C=O) groups is 6. The fraction of sp³-hybridized carbons (Fsp3) is 0.200. The van der Waals surface area contributed by atoms with Crippen LogP contribution in [0.2, 0.25) is 10.0 Å². The molecule has 0 aliphatic rings. The van der Waals surface area contributed by atoms with Gasteiger partial charge < -0.3 is 21.3 Å². The van der Waals surface area contributed by atoms with Gasteiger partial charge in [0.25, 0.3) is 23.6 Å². The number of azo groups is 2. The standard InChI is InChI=1S/C45H39Cl5N8O6/c1-25(59)40(57-55-36-15-7-11-31(38(36)49)42(61)52-33-13-5-3-9-27(33)19-21-46)44(63)51-30-17-18-35(29(23-30)24-48)54-45(64)41(26(2)60)58-56-37-16-8-12-32(39(37)50)43(62)53-34-14-6-4-10-28(34)20-22-47/h3-18,23,40-41H,19-22,24H2,1-2H3,(H,51,63)(H,52,61)(H,53,62)(H,54,64). The Kier molecular flexibility index (Phi) is 18.1. The molecule has 0 aliphatic carbocycles. The summed E-state index contributed by atoms with van der Waals surface area (Å²) < 4.78 is 0. The van der Waals surface area contributed by atoms with Crippen molar-refractivity contribution in [3.63, 3.8) is 0 Å². The van der Waals surface area contributed by atoms with Crippen molar-refractivity contribution >= 4 is 127 Å². The number of para-hydroxylation sites is 2. The number of nitrogens with zero attached hydrogens (tertiary/aromatic N) is 4. The number of halogens is 5. The number of carbonyl (C=O) groups excluding carboxylic acids is 6. The van der Waals surface area contributed by atoms with E-state index in [-0.39, 0.29) is 49.8 Å². The van der Waals surface area contributed by atoms with E-state index in [4.69, 9.17) is 58.0 Å². The Morgan fingerprint density at radius 2 is 0.953 bits per heavy atom. The molecule has 0 saturated heterocycles. The highest BCUT2D eigenvalue weighted by Crippen LogP contribution is 2.32. The molecule has 0 spiro atoms. The molecular weight excluding hydrogens is 926 g/mol. The van der Waals surface area contributed by atoms with Gasteiger partial charge >= 0.3 is 0 Å². The summed E-state index contributed by atoms with van der Waals surface area (Å²) in [7, 11) is 0. The molecule has 330 valence electrons. The molecule has 4 N–H and O–H groups in total. The minimum atomic E-state index is -1.62. The van der Waals surface area contributed by atoms with Gasteiger partial charge in [-0.3, -0.25) is 28.8 Å². The molecule has 4 amide bonds. The molecule has 5 rings (SSSR count). The number of anilines is 4. The molecule has 5 aromatic rings. The third-order valence-corrected chi connectivity index (χ3v) is 10.8. The Hall–Kier alpha value is -6.03. The van der Waals surface area contributed by atoms with Gasteiger partial charge in [0.05, 0.1) is 21.2 Å². The van der Waals surface area contributed by atoms with Crippen LogP contribution in [0, 0.1) is 0 Å². The summed E-state index contributed by atoms with van der Waals surface area (Å²) in [6.45, 7) is 2.31. The van der Waals surface area contributed by atoms with Gasteiger partial charge in [0.1, 0.15) is 11.4 Å². The van der Waals surface area contributed by atoms with Crippen LogP contribution in [-0.2, 0) is 37.9 Å². The zero-order chi connectivity index (χ0) is 46.3. The van der Waals surface area contributed by atoms with E-state index in [9.17, 15) is 28.8 Å². The molecule has 0 aliphatic heterocycles. The molecule has 5 aromatic carbocycles. The molecule has 0 aromatic heterocycles. The van der Waals surface area contributed by atoms with Gasteiger partial charge in [-0.15, -0.1) is 34.8 Å². The highest BCUT2D eigenvalue weighted by atomic mass is 35.5. The van der Waals surface area contributed by atoms with Crippen LogP contribution in [0.25, 0.3) is 0 Å². The third-order valence-electron chi connectivity index (χ3n) is 9.31. The predicted molar refractivity (Wildman–Crippen MR) is 252 cm³/mol. The van der Waals surface area contributed by atoms with Crippen LogP contribution >= 0.6 is 58.0 Å². The zero-order valence-corrected chi connectivity index (χ0v) is 37.9. The largest absolute Gasteiger partial charge is 0.324 e. The van der Waals surface area contributed by atoms with E-state index in [1.165, 1.54) is 54.6 Å². The number of rotatable bonds is 19. The Morgan fingerprint density at radius 3 is 1.39 bits per heavy atom. The van der Waals surface area contributed by atoms with Gasteiger partial charge in [0, 0.05) is 40.4 Å². The van der Waals surface area contributed by atoms with Crippen LogP contribution in [-0.4, -0.2) is 59.0 Å². The van der Waals surface area contributed by atoms with Gasteiger partial charge in [0.15, 0.2) is 11.6 Å². The number of aryl methyl sites for hydroxylation is 2. The number of nitrogens with one attached hydrogen (secondary N) is 4. The maximum absolute atomic E-state index is 13.4. The van der Waals surface area contributed by atoms with Crippen LogP contribution in [0.5, 0.6) is 0 Å². The lowest BCUT2D eigenvalue weighted by atomic mass is 10.1. The molecule has 19 heteroatoms. The second-order valence-corrected chi connectivity index (χ2v) is 15.6. The Balaban J connectivity index is 1.26. The van der Waals surface area contributed by atoms with Crippen molar-refractivity contribution in [1.29, 1.82) is 0 Å². The van der Waals surface area contributed by atoms with Gasteiger partial charge in [-0.2, -0.15) is 20.5 Å². The highest BCUT2D eigenvalue weighted by molar-refractivity contribution is 6.37.